The van der Waals surface area contributed by atoms with Crippen LogP contribution in [0.15, 0.2) is 0 Å². The van der Waals surface area contributed by atoms with Gasteiger partial charge < -0.3 is 15.0 Å². The van der Waals surface area contributed by atoms with E-state index in [0.717, 1.165) is 57.1 Å². The maximum Gasteiger partial charge on any atom is 0.274 e. The summed E-state index contributed by atoms with van der Waals surface area (Å²) in [5, 5.41) is 14.0. The summed E-state index contributed by atoms with van der Waals surface area (Å²) < 4.78 is 5.61. The van der Waals surface area contributed by atoms with Gasteiger partial charge in [-0.2, -0.15) is 15.4 Å². The molecule has 2 aliphatic carbocycles. The summed E-state index contributed by atoms with van der Waals surface area (Å²) in [5.74, 6) is 0.315. The standard InChI is InChI=1S/C18H25N5O3/c24-16(15-14(11-4-5-11)20-22-21-15)19-13-6-9-23(18(13)7-2-8-18)17(25)12-3-1-10-26-12/h11-13H,1-10H2,(H,19,24)(H,20,21,22)/t12-,13?/m0/s1. The molecule has 2 saturated heterocycles. The van der Waals surface area contributed by atoms with E-state index in [1.807, 2.05) is 4.90 Å². The van der Waals surface area contributed by atoms with Gasteiger partial charge in [0.15, 0.2) is 5.69 Å². The second-order valence-electron chi connectivity index (χ2n) is 8.10. The average Bonchev–Trinajstić information content (AvgIpc) is 3.07. The second kappa shape index (κ2) is 6.04. The topological polar surface area (TPSA) is 100 Å². The summed E-state index contributed by atoms with van der Waals surface area (Å²) in [5.41, 5.74) is 0.976. The largest absolute Gasteiger partial charge is 0.368 e. The molecule has 3 heterocycles. The zero-order valence-electron chi connectivity index (χ0n) is 14.9. The van der Waals surface area contributed by atoms with Crippen molar-refractivity contribution < 1.29 is 14.3 Å². The van der Waals surface area contributed by atoms with Gasteiger partial charge in [-0.1, -0.05) is 0 Å². The van der Waals surface area contributed by atoms with E-state index < -0.39 is 0 Å². The lowest BCUT2D eigenvalue weighted by Gasteiger charge is -2.49. The van der Waals surface area contributed by atoms with E-state index in [1.54, 1.807) is 0 Å². The van der Waals surface area contributed by atoms with E-state index in [1.165, 1.54) is 0 Å². The summed E-state index contributed by atoms with van der Waals surface area (Å²) >= 11 is 0. The second-order valence-corrected chi connectivity index (χ2v) is 8.10. The highest BCUT2D eigenvalue weighted by Gasteiger charge is 2.56. The van der Waals surface area contributed by atoms with Crippen molar-refractivity contribution in [1.29, 1.82) is 0 Å². The average molecular weight is 359 g/mol. The van der Waals surface area contributed by atoms with Crippen molar-refractivity contribution in [3.05, 3.63) is 11.4 Å². The van der Waals surface area contributed by atoms with Crippen LogP contribution in [0.4, 0.5) is 0 Å². The van der Waals surface area contributed by atoms with Gasteiger partial charge in [-0.3, -0.25) is 9.59 Å². The number of H-pyrrole nitrogens is 1. The lowest BCUT2D eigenvalue weighted by Crippen LogP contribution is -2.63. The predicted octanol–water partition coefficient (Wildman–Crippen LogP) is 1.11. The first-order valence-corrected chi connectivity index (χ1v) is 9.84. The number of nitrogens with zero attached hydrogens (tertiary/aromatic N) is 3. The zero-order valence-corrected chi connectivity index (χ0v) is 14.9. The first-order valence-electron chi connectivity index (χ1n) is 9.84. The third-order valence-corrected chi connectivity index (χ3v) is 6.58. The lowest BCUT2D eigenvalue weighted by molar-refractivity contribution is -0.149. The maximum atomic E-state index is 12.9. The first-order chi connectivity index (χ1) is 12.7. The van der Waals surface area contributed by atoms with E-state index in [4.69, 9.17) is 4.74 Å². The SMILES string of the molecule is O=C(NC1CCN(C(=O)[C@@H]2CCCO2)C12CCC2)c1n[nH]nc1C1CC1. The minimum absolute atomic E-state index is 0.0159. The molecule has 1 aromatic rings. The van der Waals surface area contributed by atoms with Crippen molar-refractivity contribution in [1.82, 2.24) is 25.6 Å². The Labute approximate surface area is 152 Å². The smallest absolute Gasteiger partial charge is 0.274 e. The molecule has 2 amide bonds. The zero-order chi connectivity index (χ0) is 17.7. The summed E-state index contributed by atoms with van der Waals surface area (Å²) in [6, 6.07) is -0.0159. The monoisotopic (exact) mass is 359 g/mol. The highest BCUT2D eigenvalue weighted by atomic mass is 16.5. The normalized spacial score (nSPS) is 29.8. The molecular weight excluding hydrogens is 334 g/mol. The third-order valence-electron chi connectivity index (χ3n) is 6.58. The number of ether oxygens (including phenoxy) is 1. The van der Waals surface area contributed by atoms with Crippen molar-refractivity contribution in [2.24, 2.45) is 0 Å². The number of nitrogens with one attached hydrogen (secondary N) is 2. The van der Waals surface area contributed by atoms with Crippen molar-refractivity contribution in [3.63, 3.8) is 0 Å². The van der Waals surface area contributed by atoms with E-state index in [9.17, 15) is 9.59 Å². The molecule has 0 aromatic carbocycles. The quantitative estimate of drug-likeness (QED) is 0.839. The van der Waals surface area contributed by atoms with E-state index >= 15 is 0 Å². The summed E-state index contributed by atoms with van der Waals surface area (Å²) in [6.45, 7) is 1.37. The number of carbonyl (C=O) groups is 2. The molecule has 26 heavy (non-hydrogen) atoms. The molecule has 4 fully saturated rings. The summed E-state index contributed by atoms with van der Waals surface area (Å²) in [4.78, 5) is 27.7. The third kappa shape index (κ3) is 2.46. The summed E-state index contributed by atoms with van der Waals surface area (Å²) in [7, 11) is 0. The molecule has 1 aromatic heterocycles. The molecule has 8 nitrogen and oxygen atoms in total. The van der Waals surface area contributed by atoms with Gasteiger partial charge in [0.25, 0.3) is 11.8 Å². The molecule has 4 aliphatic rings. The molecule has 140 valence electrons. The van der Waals surface area contributed by atoms with Gasteiger partial charge >= 0.3 is 0 Å². The van der Waals surface area contributed by atoms with E-state index in [2.05, 4.69) is 20.7 Å². The molecule has 2 N–H and O–H groups in total. The van der Waals surface area contributed by atoms with Crippen LogP contribution >= 0.6 is 0 Å². The maximum absolute atomic E-state index is 12.9. The van der Waals surface area contributed by atoms with Gasteiger partial charge in [0.1, 0.15) is 6.10 Å². The fourth-order valence-corrected chi connectivity index (χ4v) is 4.85. The Balaban J connectivity index is 1.32. The summed E-state index contributed by atoms with van der Waals surface area (Å²) in [6.07, 6.45) is 7.40. The highest BCUT2D eigenvalue weighted by molar-refractivity contribution is 5.94. The molecular formula is C18H25N5O3. The number of aromatic nitrogens is 3. The van der Waals surface area contributed by atoms with E-state index in [-0.39, 0.29) is 29.5 Å². The van der Waals surface area contributed by atoms with Crippen molar-refractivity contribution in [2.45, 2.75) is 75.0 Å². The molecule has 0 radical (unpaired) electrons. The van der Waals surface area contributed by atoms with Crippen LogP contribution in [0.5, 0.6) is 0 Å². The number of hydrogen-bond donors (Lipinski definition) is 2. The van der Waals surface area contributed by atoms with Gasteiger partial charge in [-0.15, -0.1) is 0 Å². The molecule has 1 spiro atoms. The number of rotatable bonds is 4. The molecule has 2 atom stereocenters. The Bertz CT molecular complexity index is 718. The Morgan fingerprint density at radius 2 is 2.00 bits per heavy atom. The molecule has 5 rings (SSSR count). The van der Waals surface area contributed by atoms with Crippen LogP contribution in [-0.4, -0.2) is 63.0 Å². The molecule has 2 aliphatic heterocycles. The van der Waals surface area contributed by atoms with Gasteiger partial charge in [0.05, 0.1) is 17.3 Å². The Morgan fingerprint density at radius 3 is 2.65 bits per heavy atom. The molecule has 1 unspecified atom stereocenters. The van der Waals surface area contributed by atoms with Crippen LogP contribution < -0.4 is 5.32 Å². The molecule has 0 bridgehead atoms. The van der Waals surface area contributed by atoms with Crippen molar-refractivity contribution >= 4 is 11.8 Å². The number of aromatic amines is 1. The van der Waals surface area contributed by atoms with Gasteiger partial charge in [0.2, 0.25) is 0 Å². The number of amides is 2. The Hall–Kier alpha value is -1.96. The number of hydrogen-bond acceptors (Lipinski definition) is 5. The van der Waals surface area contributed by atoms with Gasteiger partial charge in [-0.25, -0.2) is 0 Å². The van der Waals surface area contributed by atoms with Crippen molar-refractivity contribution in [3.8, 4) is 0 Å². The van der Waals surface area contributed by atoms with Crippen LogP contribution in [0, 0.1) is 0 Å². The van der Waals surface area contributed by atoms with Crippen LogP contribution in [0.3, 0.4) is 0 Å². The minimum Gasteiger partial charge on any atom is -0.368 e. The van der Waals surface area contributed by atoms with Crippen LogP contribution in [-0.2, 0) is 9.53 Å². The molecule has 2 saturated carbocycles. The Kier molecular flexibility index (Phi) is 3.77. The minimum atomic E-state index is -0.293. The molecule has 8 heteroatoms. The van der Waals surface area contributed by atoms with Gasteiger partial charge in [0, 0.05) is 19.1 Å². The van der Waals surface area contributed by atoms with Crippen molar-refractivity contribution in [2.75, 3.05) is 13.2 Å². The van der Waals surface area contributed by atoms with Crippen LogP contribution in [0.2, 0.25) is 0 Å². The fourth-order valence-electron chi connectivity index (χ4n) is 4.85. The fraction of sp³-hybridized carbons (Fsp3) is 0.778. The van der Waals surface area contributed by atoms with Crippen LogP contribution in [0.1, 0.15) is 73.5 Å². The van der Waals surface area contributed by atoms with Gasteiger partial charge in [-0.05, 0) is 51.4 Å². The van der Waals surface area contributed by atoms with Crippen LogP contribution in [0.25, 0.3) is 0 Å². The van der Waals surface area contributed by atoms with E-state index in [0.29, 0.717) is 24.8 Å². The lowest BCUT2D eigenvalue weighted by atomic mass is 9.71. The Morgan fingerprint density at radius 1 is 1.15 bits per heavy atom. The number of carbonyl (C=O) groups excluding carboxylic acids is 2. The number of likely N-dealkylation sites (tertiary alicyclic amines) is 1. The predicted molar refractivity (Wildman–Crippen MR) is 91.5 cm³/mol. The first kappa shape index (κ1) is 16.2. The highest BCUT2D eigenvalue weighted by Crippen LogP contribution is 2.46.